The summed E-state index contributed by atoms with van der Waals surface area (Å²) in [6.07, 6.45) is 4.87. The molecule has 0 aliphatic carbocycles. The molecule has 0 amide bonds. The lowest BCUT2D eigenvalue weighted by molar-refractivity contribution is 0.000802. The molecule has 2 aliphatic heterocycles. The second kappa shape index (κ2) is 5.95. The third-order valence-electron chi connectivity index (χ3n) is 4.45. The highest BCUT2D eigenvalue weighted by atomic mass is 32.1. The Kier molecular flexibility index (Phi) is 3.84. The van der Waals surface area contributed by atoms with Gasteiger partial charge in [-0.1, -0.05) is 0 Å². The molecule has 0 spiro atoms. The summed E-state index contributed by atoms with van der Waals surface area (Å²) < 4.78 is 11.8. The molecular formula is C17H21NO2S. The van der Waals surface area contributed by atoms with Gasteiger partial charge in [0.2, 0.25) is 0 Å². The van der Waals surface area contributed by atoms with Gasteiger partial charge < -0.3 is 9.15 Å². The number of nitrogens with zero attached hydrogens (tertiary/aromatic N) is 1. The van der Waals surface area contributed by atoms with E-state index < -0.39 is 0 Å². The number of fused-ring (bicyclic) bond motifs is 1. The minimum atomic E-state index is 0.178. The molecule has 4 heterocycles. The third-order valence-corrected chi connectivity index (χ3v) is 5.47. The monoisotopic (exact) mass is 303 g/mol. The minimum absolute atomic E-state index is 0.178. The van der Waals surface area contributed by atoms with Crippen LogP contribution in [0.5, 0.6) is 0 Å². The second-order valence-electron chi connectivity index (χ2n) is 5.99. The van der Waals surface area contributed by atoms with E-state index in [1.54, 1.807) is 4.88 Å². The maximum Gasteiger partial charge on any atom is 0.133 e. The summed E-state index contributed by atoms with van der Waals surface area (Å²) in [5, 5.41) is 2.21. The molecule has 0 aromatic carbocycles. The fraction of sp³-hybridized carbons (Fsp3) is 0.529. The summed E-state index contributed by atoms with van der Waals surface area (Å²) in [6, 6.07) is 6.48. The molecule has 0 N–H and O–H groups in total. The molecular weight excluding hydrogens is 282 g/mol. The molecule has 1 atom stereocenters. The highest BCUT2D eigenvalue weighted by molar-refractivity contribution is 7.10. The van der Waals surface area contributed by atoms with Gasteiger partial charge >= 0.3 is 0 Å². The molecule has 4 rings (SSSR count). The average Bonchev–Trinajstić information content (AvgIpc) is 3.17. The Morgan fingerprint density at radius 3 is 3.14 bits per heavy atom. The van der Waals surface area contributed by atoms with E-state index in [9.17, 15) is 0 Å². The largest absolute Gasteiger partial charge is 0.462 e. The third kappa shape index (κ3) is 2.93. The average molecular weight is 303 g/mol. The number of hydrogen-bond acceptors (Lipinski definition) is 4. The zero-order chi connectivity index (χ0) is 14.1. The maximum atomic E-state index is 6.03. The van der Waals surface area contributed by atoms with Crippen LogP contribution in [0.4, 0.5) is 0 Å². The molecule has 21 heavy (non-hydrogen) atoms. The van der Waals surface area contributed by atoms with Gasteiger partial charge in [-0.15, -0.1) is 11.3 Å². The zero-order valence-electron chi connectivity index (χ0n) is 12.2. The molecule has 1 fully saturated rings. The number of hydrogen-bond donors (Lipinski definition) is 0. The summed E-state index contributed by atoms with van der Waals surface area (Å²) in [5.41, 5.74) is 1.49. The Balaban J connectivity index is 1.40. The smallest absolute Gasteiger partial charge is 0.133 e. The van der Waals surface area contributed by atoms with Crippen LogP contribution in [0.1, 0.15) is 47.3 Å². The van der Waals surface area contributed by atoms with Crippen molar-refractivity contribution in [2.24, 2.45) is 0 Å². The van der Waals surface area contributed by atoms with Gasteiger partial charge in [0.25, 0.3) is 0 Å². The van der Waals surface area contributed by atoms with Crippen LogP contribution in [0.15, 0.2) is 28.0 Å². The van der Waals surface area contributed by atoms with Crippen LogP contribution < -0.4 is 0 Å². The molecule has 0 unspecified atom stereocenters. The van der Waals surface area contributed by atoms with Crippen LogP contribution >= 0.6 is 11.3 Å². The molecule has 112 valence electrons. The van der Waals surface area contributed by atoms with Crippen LogP contribution in [-0.4, -0.2) is 18.1 Å². The molecule has 1 saturated heterocycles. The minimum Gasteiger partial charge on any atom is -0.462 e. The van der Waals surface area contributed by atoms with Crippen molar-refractivity contribution in [3.05, 3.63) is 45.5 Å². The number of thiophene rings is 1. The van der Waals surface area contributed by atoms with Gasteiger partial charge in [-0.3, -0.25) is 4.90 Å². The summed E-state index contributed by atoms with van der Waals surface area (Å²) in [7, 11) is 0. The van der Waals surface area contributed by atoms with Crippen LogP contribution in [0.25, 0.3) is 0 Å². The SMILES string of the molecule is c1cc2c(s1)CCN(Cc1ccc([C@H]3CCCCO3)o1)C2. The predicted octanol–water partition coefficient (Wildman–Crippen LogP) is 4.14. The molecule has 4 heteroatoms. The Labute approximate surface area is 129 Å². The Hall–Kier alpha value is -1.10. The fourth-order valence-corrected chi connectivity index (χ4v) is 4.17. The van der Waals surface area contributed by atoms with E-state index in [0.717, 1.165) is 44.2 Å². The number of furan rings is 1. The normalized spacial score (nSPS) is 23.1. The number of ether oxygens (including phenoxy) is 1. The number of rotatable bonds is 3. The molecule has 2 aromatic rings. The second-order valence-corrected chi connectivity index (χ2v) is 6.99. The topological polar surface area (TPSA) is 25.6 Å². The first kappa shape index (κ1) is 13.6. The summed E-state index contributed by atoms with van der Waals surface area (Å²) in [4.78, 5) is 4.03. The van der Waals surface area contributed by atoms with Crippen LogP contribution in [0.3, 0.4) is 0 Å². The Bertz CT molecular complexity index is 597. The van der Waals surface area contributed by atoms with Crippen molar-refractivity contribution in [1.82, 2.24) is 4.90 Å². The van der Waals surface area contributed by atoms with E-state index in [1.807, 2.05) is 11.3 Å². The van der Waals surface area contributed by atoms with E-state index in [0.29, 0.717) is 0 Å². The van der Waals surface area contributed by atoms with Crippen molar-refractivity contribution in [3.63, 3.8) is 0 Å². The Morgan fingerprint density at radius 1 is 1.24 bits per heavy atom. The van der Waals surface area contributed by atoms with E-state index in [1.165, 1.54) is 24.8 Å². The summed E-state index contributed by atoms with van der Waals surface area (Å²) in [6.45, 7) is 3.95. The van der Waals surface area contributed by atoms with Crippen molar-refractivity contribution in [2.45, 2.75) is 44.9 Å². The van der Waals surface area contributed by atoms with Gasteiger partial charge in [-0.05, 0) is 54.8 Å². The van der Waals surface area contributed by atoms with Gasteiger partial charge in [0.05, 0.1) is 6.54 Å². The quantitative estimate of drug-likeness (QED) is 0.852. The van der Waals surface area contributed by atoms with Crippen molar-refractivity contribution in [3.8, 4) is 0 Å². The van der Waals surface area contributed by atoms with Gasteiger partial charge in [-0.25, -0.2) is 0 Å². The van der Waals surface area contributed by atoms with Crippen molar-refractivity contribution < 1.29 is 9.15 Å². The lowest BCUT2D eigenvalue weighted by atomic mass is 10.1. The molecule has 0 radical (unpaired) electrons. The molecule has 0 saturated carbocycles. The highest BCUT2D eigenvalue weighted by Gasteiger charge is 2.21. The van der Waals surface area contributed by atoms with Crippen molar-refractivity contribution in [1.29, 1.82) is 0 Å². The summed E-state index contributed by atoms with van der Waals surface area (Å²) >= 11 is 1.89. The van der Waals surface area contributed by atoms with Gasteiger partial charge in [0.15, 0.2) is 0 Å². The maximum absolute atomic E-state index is 6.03. The first-order chi connectivity index (χ1) is 10.4. The van der Waals surface area contributed by atoms with Gasteiger partial charge in [0, 0.05) is 24.6 Å². The van der Waals surface area contributed by atoms with Crippen LogP contribution in [0, 0.1) is 0 Å². The molecule has 3 nitrogen and oxygen atoms in total. The Morgan fingerprint density at radius 2 is 2.24 bits per heavy atom. The van der Waals surface area contributed by atoms with E-state index in [4.69, 9.17) is 9.15 Å². The van der Waals surface area contributed by atoms with Crippen LogP contribution in [0.2, 0.25) is 0 Å². The van der Waals surface area contributed by atoms with Gasteiger partial charge in [0.1, 0.15) is 17.6 Å². The first-order valence-corrected chi connectivity index (χ1v) is 8.74. The van der Waals surface area contributed by atoms with Gasteiger partial charge in [-0.2, -0.15) is 0 Å². The molecule has 2 aliphatic rings. The highest BCUT2D eigenvalue weighted by Crippen LogP contribution is 2.30. The predicted molar refractivity (Wildman–Crippen MR) is 83.4 cm³/mol. The van der Waals surface area contributed by atoms with E-state index in [2.05, 4.69) is 28.5 Å². The van der Waals surface area contributed by atoms with Crippen molar-refractivity contribution >= 4 is 11.3 Å². The lowest BCUT2D eigenvalue weighted by Crippen LogP contribution is -2.28. The van der Waals surface area contributed by atoms with Crippen LogP contribution in [-0.2, 0) is 24.2 Å². The summed E-state index contributed by atoms with van der Waals surface area (Å²) in [5.74, 6) is 2.08. The first-order valence-electron chi connectivity index (χ1n) is 7.86. The lowest BCUT2D eigenvalue weighted by Gasteiger charge is -2.26. The molecule has 2 aromatic heterocycles. The zero-order valence-corrected chi connectivity index (χ0v) is 13.0. The fourth-order valence-electron chi connectivity index (χ4n) is 3.28. The van der Waals surface area contributed by atoms with E-state index >= 15 is 0 Å². The van der Waals surface area contributed by atoms with E-state index in [-0.39, 0.29) is 6.10 Å². The molecule has 0 bridgehead atoms. The standard InChI is InChI=1S/C17H21NO2S/c1-2-9-19-15(3-1)16-5-4-14(20-16)12-18-8-6-17-13(11-18)7-10-21-17/h4-5,7,10,15H,1-3,6,8-9,11-12H2/t15-/m1/s1. The van der Waals surface area contributed by atoms with Crippen molar-refractivity contribution in [2.75, 3.05) is 13.2 Å².